The van der Waals surface area contributed by atoms with Gasteiger partial charge in [-0.2, -0.15) is 0 Å². The third-order valence-corrected chi connectivity index (χ3v) is 5.17. The summed E-state index contributed by atoms with van der Waals surface area (Å²) in [5.41, 5.74) is 5.56. The van der Waals surface area contributed by atoms with Crippen LogP contribution in [0.15, 0.2) is 66.7 Å². The first-order valence-electron chi connectivity index (χ1n) is 9.29. The van der Waals surface area contributed by atoms with E-state index in [-0.39, 0.29) is 6.42 Å². The Morgan fingerprint density at radius 1 is 1.03 bits per heavy atom. The molecule has 2 aromatic carbocycles. The lowest BCUT2D eigenvalue weighted by atomic mass is 10.0. The summed E-state index contributed by atoms with van der Waals surface area (Å²) in [6.07, 6.45) is 0.0685. The molecule has 2 aromatic heterocycles. The van der Waals surface area contributed by atoms with Crippen LogP contribution in [0.1, 0.15) is 6.42 Å². The number of nitrogens with zero attached hydrogens (tertiary/aromatic N) is 2. The Kier molecular flexibility index (Phi) is 5.23. The van der Waals surface area contributed by atoms with E-state index in [2.05, 4.69) is 29.2 Å². The first-order valence-corrected chi connectivity index (χ1v) is 9.67. The lowest BCUT2D eigenvalue weighted by Gasteiger charge is -2.15. The SMILES string of the molecule is CN(CCC(=O)O)c1cc2nc(-c3ccc(-c4ccccc4)cc3)c(Cl)cc2[nH]1. The molecule has 29 heavy (non-hydrogen) atoms. The number of aliphatic carboxylic acids is 1. The van der Waals surface area contributed by atoms with Crippen molar-refractivity contribution in [3.63, 3.8) is 0 Å². The highest BCUT2D eigenvalue weighted by Gasteiger charge is 2.13. The largest absolute Gasteiger partial charge is 0.481 e. The summed E-state index contributed by atoms with van der Waals surface area (Å²) in [6.45, 7) is 0.406. The molecule has 0 aliphatic heterocycles. The number of pyridine rings is 1. The highest BCUT2D eigenvalue weighted by atomic mass is 35.5. The van der Waals surface area contributed by atoms with Gasteiger partial charge in [0.1, 0.15) is 5.82 Å². The smallest absolute Gasteiger partial charge is 0.305 e. The van der Waals surface area contributed by atoms with Gasteiger partial charge in [-0.05, 0) is 17.2 Å². The first-order chi connectivity index (χ1) is 14.0. The predicted octanol–water partition coefficient (Wildman–Crippen LogP) is 5.46. The molecule has 0 aliphatic carbocycles. The molecular formula is C23H20ClN3O2. The fraction of sp³-hybridized carbons (Fsp3) is 0.130. The van der Waals surface area contributed by atoms with Gasteiger partial charge in [0.15, 0.2) is 0 Å². The summed E-state index contributed by atoms with van der Waals surface area (Å²) in [5.74, 6) is -0.0169. The van der Waals surface area contributed by atoms with Crippen molar-refractivity contribution in [2.75, 3.05) is 18.5 Å². The minimum Gasteiger partial charge on any atom is -0.481 e. The minimum absolute atomic E-state index is 0.0685. The number of halogens is 1. The number of carboxylic acid groups (broad SMARTS) is 1. The van der Waals surface area contributed by atoms with Gasteiger partial charge in [-0.3, -0.25) is 4.79 Å². The lowest BCUT2D eigenvalue weighted by molar-refractivity contribution is -0.136. The summed E-state index contributed by atoms with van der Waals surface area (Å²) in [7, 11) is 1.85. The number of H-pyrrole nitrogens is 1. The van der Waals surface area contributed by atoms with Crippen molar-refractivity contribution < 1.29 is 9.90 Å². The number of nitrogens with one attached hydrogen (secondary N) is 1. The summed E-state index contributed by atoms with van der Waals surface area (Å²) < 4.78 is 0. The topological polar surface area (TPSA) is 69.2 Å². The van der Waals surface area contributed by atoms with Crippen LogP contribution in [-0.4, -0.2) is 34.6 Å². The third kappa shape index (κ3) is 4.10. The monoisotopic (exact) mass is 405 g/mol. The number of carbonyl (C=O) groups is 1. The van der Waals surface area contributed by atoms with Crippen LogP contribution in [0, 0.1) is 0 Å². The number of hydrogen-bond donors (Lipinski definition) is 2. The summed E-state index contributed by atoms with van der Waals surface area (Å²) in [5, 5.41) is 9.44. The van der Waals surface area contributed by atoms with Gasteiger partial charge in [-0.15, -0.1) is 0 Å². The maximum absolute atomic E-state index is 10.8. The summed E-state index contributed by atoms with van der Waals surface area (Å²) in [4.78, 5) is 20.7. The van der Waals surface area contributed by atoms with Crippen LogP contribution in [0.5, 0.6) is 0 Å². The van der Waals surface area contributed by atoms with Crippen molar-refractivity contribution in [3.05, 3.63) is 71.8 Å². The van der Waals surface area contributed by atoms with Crippen molar-refractivity contribution >= 4 is 34.4 Å². The van der Waals surface area contributed by atoms with Crippen molar-refractivity contribution in [2.24, 2.45) is 0 Å². The van der Waals surface area contributed by atoms with Gasteiger partial charge >= 0.3 is 5.97 Å². The number of aromatic nitrogens is 2. The van der Waals surface area contributed by atoms with E-state index >= 15 is 0 Å². The number of carboxylic acids is 1. The van der Waals surface area contributed by atoms with Crippen LogP contribution in [0.25, 0.3) is 33.4 Å². The Labute approximate surface area is 173 Å². The highest BCUT2D eigenvalue weighted by Crippen LogP contribution is 2.32. The molecule has 0 bridgehead atoms. The van der Waals surface area contributed by atoms with Gasteiger partial charge in [-0.25, -0.2) is 4.98 Å². The second-order valence-corrected chi connectivity index (χ2v) is 7.32. The normalized spacial score (nSPS) is 11.0. The Hall–Kier alpha value is -3.31. The van der Waals surface area contributed by atoms with Crippen molar-refractivity contribution in [2.45, 2.75) is 6.42 Å². The Bertz CT molecular complexity index is 1150. The van der Waals surface area contributed by atoms with Gasteiger partial charge in [0.2, 0.25) is 0 Å². The molecule has 0 fully saturated rings. The Balaban J connectivity index is 1.64. The first kappa shape index (κ1) is 19.0. The zero-order valence-electron chi connectivity index (χ0n) is 15.9. The number of aromatic amines is 1. The maximum atomic E-state index is 10.8. The van der Waals surface area contributed by atoms with E-state index in [4.69, 9.17) is 21.7 Å². The van der Waals surface area contributed by atoms with Gasteiger partial charge < -0.3 is 15.0 Å². The van der Waals surface area contributed by atoms with Crippen LogP contribution in [-0.2, 0) is 4.79 Å². The van der Waals surface area contributed by atoms with Crippen LogP contribution < -0.4 is 4.90 Å². The number of benzene rings is 2. The van der Waals surface area contributed by atoms with E-state index in [9.17, 15) is 4.79 Å². The Morgan fingerprint density at radius 3 is 2.38 bits per heavy atom. The molecule has 2 N–H and O–H groups in total. The van der Waals surface area contributed by atoms with E-state index in [1.165, 1.54) is 0 Å². The van der Waals surface area contributed by atoms with Crippen molar-refractivity contribution in [3.8, 4) is 22.4 Å². The predicted molar refractivity (Wildman–Crippen MR) is 117 cm³/mol. The molecule has 2 heterocycles. The van der Waals surface area contributed by atoms with E-state index in [1.807, 2.05) is 54.4 Å². The summed E-state index contributed by atoms with van der Waals surface area (Å²) >= 11 is 6.51. The maximum Gasteiger partial charge on any atom is 0.305 e. The second-order valence-electron chi connectivity index (χ2n) is 6.91. The van der Waals surface area contributed by atoms with Crippen LogP contribution in [0.4, 0.5) is 5.82 Å². The standard InChI is InChI=1S/C23H20ClN3O2/c1-27(12-11-22(28)29)21-14-20-19(25-21)13-18(24)23(26-20)17-9-7-16(8-10-17)15-5-3-2-4-6-15/h2-10,13-14,25H,11-12H2,1H3,(H,28,29). The molecule has 4 rings (SSSR count). The zero-order valence-corrected chi connectivity index (χ0v) is 16.6. The molecule has 0 radical (unpaired) electrons. The molecule has 6 heteroatoms. The molecule has 0 spiro atoms. The fourth-order valence-electron chi connectivity index (χ4n) is 3.26. The minimum atomic E-state index is -0.824. The van der Waals surface area contributed by atoms with Gasteiger partial charge in [0.25, 0.3) is 0 Å². The van der Waals surface area contributed by atoms with Gasteiger partial charge in [0.05, 0.1) is 28.2 Å². The summed E-state index contributed by atoms with van der Waals surface area (Å²) in [6, 6.07) is 22.1. The number of rotatable bonds is 6. The van der Waals surface area contributed by atoms with Gasteiger partial charge in [-0.1, -0.05) is 66.2 Å². The molecule has 0 aliphatic rings. The molecular weight excluding hydrogens is 386 g/mol. The molecule has 4 aromatic rings. The average Bonchev–Trinajstić information content (AvgIpc) is 3.15. The number of fused-ring (bicyclic) bond motifs is 1. The van der Waals surface area contributed by atoms with E-state index in [0.29, 0.717) is 11.6 Å². The quantitative estimate of drug-likeness (QED) is 0.446. The highest BCUT2D eigenvalue weighted by molar-refractivity contribution is 6.33. The zero-order chi connectivity index (χ0) is 20.4. The Morgan fingerprint density at radius 2 is 1.69 bits per heavy atom. The van der Waals surface area contributed by atoms with Crippen LogP contribution in [0.2, 0.25) is 5.02 Å². The molecule has 5 nitrogen and oxygen atoms in total. The lowest BCUT2D eigenvalue weighted by Crippen LogP contribution is -2.21. The molecule has 0 unspecified atom stereocenters. The molecule has 0 amide bonds. The number of anilines is 1. The molecule has 146 valence electrons. The molecule has 0 atom stereocenters. The van der Waals surface area contributed by atoms with E-state index in [1.54, 1.807) is 0 Å². The third-order valence-electron chi connectivity index (χ3n) is 4.88. The van der Waals surface area contributed by atoms with E-state index < -0.39 is 5.97 Å². The van der Waals surface area contributed by atoms with Crippen LogP contribution in [0.3, 0.4) is 0 Å². The van der Waals surface area contributed by atoms with Crippen molar-refractivity contribution in [1.82, 2.24) is 9.97 Å². The van der Waals surface area contributed by atoms with E-state index in [0.717, 1.165) is 39.2 Å². The second kappa shape index (κ2) is 7.97. The number of hydrogen-bond acceptors (Lipinski definition) is 3. The average molecular weight is 406 g/mol. The van der Waals surface area contributed by atoms with Crippen molar-refractivity contribution in [1.29, 1.82) is 0 Å². The van der Waals surface area contributed by atoms with Crippen LogP contribution >= 0.6 is 11.6 Å². The van der Waals surface area contributed by atoms with Gasteiger partial charge in [0, 0.05) is 25.2 Å². The molecule has 0 saturated heterocycles. The molecule has 0 saturated carbocycles. The fourth-order valence-corrected chi connectivity index (χ4v) is 3.52.